The number of benzene rings is 2. The van der Waals surface area contributed by atoms with Gasteiger partial charge in [-0.1, -0.05) is 35.3 Å². The lowest BCUT2D eigenvalue weighted by molar-refractivity contribution is -0.133. The fraction of sp³-hybridized carbons (Fsp3) is 0.300. The van der Waals surface area contributed by atoms with Crippen molar-refractivity contribution < 1.29 is 27.6 Å². The monoisotopic (exact) mass is 629 g/mol. The highest BCUT2D eigenvalue weighted by Crippen LogP contribution is 2.41. The molecule has 0 unspecified atom stereocenters. The van der Waals surface area contributed by atoms with Crippen molar-refractivity contribution in [3.8, 4) is 6.07 Å². The number of hydrogen-bond acceptors (Lipinski definition) is 5. The molecule has 0 radical (unpaired) electrons. The summed E-state index contributed by atoms with van der Waals surface area (Å²) in [5, 5.41) is 11.9. The van der Waals surface area contributed by atoms with E-state index in [9.17, 15) is 32.8 Å². The molecule has 5 rings (SSSR count). The molecule has 1 saturated heterocycles. The van der Waals surface area contributed by atoms with Gasteiger partial charge in [-0.25, -0.2) is 18.2 Å². The summed E-state index contributed by atoms with van der Waals surface area (Å²) in [6.07, 6.45) is 0.260. The minimum Gasteiger partial charge on any atom is -0.351 e. The first kappa shape index (κ1) is 30.3. The molecule has 222 valence electrons. The Morgan fingerprint density at radius 2 is 1.84 bits per heavy atom. The number of hydrogen-bond donors (Lipinski definition) is 1. The molecule has 1 aliphatic carbocycles. The first-order valence-electron chi connectivity index (χ1n) is 13.4. The zero-order chi connectivity index (χ0) is 30.9. The number of carbonyl (C=O) groups excluding carboxylic acids is 3. The van der Waals surface area contributed by atoms with E-state index in [4.69, 9.17) is 23.2 Å². The molecule has 2 heterocycles. The van der Waals surface area contributed by atoms with Crippen molar-refractivity contribution in [2.45, 2.75) is 56.2 Å². The third kappa shape index (κ3) is 6.45. The van der Waals surface area contributed by atoms with Crippen LogP contribution in [-0.2, 0) is 14.4 Å². The highest BCUT2D eigenvalue weighted by molar-refractivity contribution is 6.36. The van der Waals surface area contributed by atoms with Crippen LogP contribution in [0.1, 0.15) is 49.3 Å². The minimum atomic E-state index is -2.93. The smallest absolute Gasteiger partial charge is 0.252 e. The van der Waals surface area contributed by atoms with E-state index in [1.54, 1.807) is 0 Å². The predicted molar refractivity (Wildman–Crippen MR) is 153 cm³/mol. The van der Waals surface area contributed by atoms with E-state index in [1.165, 1.54) is 53.6 Å². The maximum atomic E-state index is 14.5. The molecular weight excluding hydrogens is 606 g/mol. The summed E-state index contributed by atoms with van der Waals surface area (Å²) in [6, 6.07) is 11.2. The summed E-state index contributed by atoms with van der Waals surface area (Å²) in [6.45, 7) is 0. The average Bonchev–Trinajstić information content (AvgIpc) is 3.30. The molecule has 2 aliphatic rings. The molecular formula is C30H24Cl2F3N5O3. The largest absolute Gasteiger partial charge is 0.351 e. The summed E-state index contributed by atoms with van der Waals surface area (Å²) in [4.78, 5) is 47.5. The van der Waals surface area contributed by atoms with E-state index in [2.05, 4.69) is 10.3 Å². The Labute approximate surface area is 255 Å². The normalized spacial score (nSPS) is 18.5. The maximum absolute atomic E-state index is 14.5. The number of nitriles is 1. The molecule has 13 heteroatoms. The number of rotatable bonds is 8. The molecule has 1 N–H and O–H groups in total. The number of halogens is 5. The van der Waals surface area contributed by atoms with Crippen LogP contribution in [0.3, 0.4) is 0 Å². The number of carbonyl (C=O) groups is 3. The zero-order valence-electron chi connectivity index (χ0n) is 22.4. The van der Waals surface area contributed by atoms with Crippen LogP contribution in [0.25, 0.3) is 0 Å². The molecule has 43 heavy (non-hydrogen) atoms. The molecule has 8 nitrogen and oxygen atoms in total. The third-order valence-electron chi connectivity index (χ3n) is 7.43. The number of nitrogens with one attached hydrogen (secondary N) is 1. The van der Waals surface area contributed by atoms with Crippen molar-refractivity contribution in [3.63, 3.8) is 0 Å². The van der Waals surface area contributed by atoms with Crippen LogP contribution in [0.5, 0.6) is 0 Å². The van der Waals surface area contributed by atoms with Crippen molar-refractivity contribution >= 4 is 52.4 Å². The van der Waals surface area contributed by atoms with E-state index in [1.807, 2.05) is 6.07 Å². The number of pyridine rings is 1. The predicted octanol–water partition coefficient (Wildman–Crippen LogP) is 5.97. The van der Waals surface area contributed by atoms with E-state index >= 15 is 0 Å². The van der Waals surface area contributed by atoms with Crippen molar-refractivity contribution in [2.75, 3.05) is 9.80 Å². The lowest BCUT2D eigenvalue weighted by atomic mass is 9.87. The van der Waals surface area contributed by atoms with Gasteiger partial charge < -0.3 is 5.32 Å². The topological polar surface area (TPSA) is 106 Å². The van der Waals surface area contributed by atoms with Crippen molar-refractivity contribution in [1.29, 1.82) is 5.26 Å². The molecule has 2 aromatic carbocycles. The van der Waals surface area contributed by atoms with Crippen LogP contribution in [-0.4, -0.2) is 40.7 Å². The first-order valence-corrected chi connectivity index (χ1v) is 14.1. The maximum Gasteiger partial charge on any atom is 0.252 e. The molecule has 1 aliphatic heterocycles. The summed E-state index contributed by atoms with van der Waals surface area (Å²) < 4.78 is 41.8. The van der Waals surface area contributed by atoms with Gasteiger partial charge in [-0.3, -0.25) is 24.2 Å². The molecule has 2 atom stereocenters. The minimum absolute atomic E-state index is 0.0134. The van der Waals surface area contributed by atoms with Crippen LogP contribution < -0.4 is 15.1 Å². The van der Waals surface area contributed by atoms with Gasteiger partial charge in [-0.15, -0.1) is 0 Å². The van der Waals surface area contributed by atoms with Crippen molar-refractivity contribution in [2.24, 2.45) is 0 Å². The summed E-state index contributed by atoms with van der Waals surface area (Å²) in [7, 11) is 0. The number of nitrogens with zero attached hydrogens (tertiary/aromatic N) is 4. The fourth-order valence-corrected chi connectivity index (χ4v) is 6.03. The Bertz CT molecular complexity index is 1600. The Kier molecular flexibility index (Phi) is 8.62. The Hall–Kier alpha value is -4.14. The summed E-state index contributed by atoms with van der Waals surface area (Å²) in [5.41, 5.74) is 0.276. The van der Waals surface area contributed by atoms with Gasteiger partial charge >= 0.3 is 0 Å². The van der Waals surface area contributed by atoms with Gasteiger partial charge in [0, 0.05) is 65.3 Å². The Morgan fingerprint density at radius 3 is 2.49 bits per heavy atom. The summed E-state index contributed by atoms with van der Waals surface area (Å²) in [5.74, 6) is -5.28. The third-order valence-corrected chi connectivity index (χ3v) is 8.09. The van der Waals surface area contributed by atoms with Crippen LogP contribution in [0.15, 0.2) is 60.8 Å². The summed E-state index contributed by atoms with van der Waals surface area (Å²) >= 11 is 13.0. The van der Waals surface area contributed by atoms with Gasteiger partial charge in [0.25, 0.3) is 5.92 Å². The average molecular weight is 630 g/mol. The molecule has 3 aromatic rings. The number of aromatic nitrogens is 1. The van der Waals surface area contributed by atoms with Gasteiger partial charge in [0.2, 0.25) is 17.7 Å². The van der Waals surface area contributed by atoms with Crippen LogP contribution in [0.4, 0.5) is 24.7 Å². The van der Waals surface area contributed by atoms with E-state index in [0.29, 0.717) is 0 Å². The van der Waals surface area contributed by atoms with Crippen LogP contribution >= 0.6 is 23.2 Å². The lowest BCUT2D eigenvalue weighted by Gasteiger charge is -2.38. The van der Waals surface area contributed by atoms with E-state index < -0.39 is 54.5 Å². The zero-order valence-corrected chi connectivity index (χ0v) is 24.0. The molecule has 0 spiro atoms. The van der Waals surface area contributed by atoms with Crippen molar-refractivity contribution in [3.05, 3.63) is 87.8 Å². The second-order valence-corrected chi connectivity index (χ2v) is 11.2. The van der Waals surface area contributed by atoms with Gasteiger partial charge in [0.05, 0.1) is 11.6 Å². The molecule has 3 amide bonds. The van der Waals surface area contributed by atoms with Crippen molar-refractivity contribution in [1.82, 2.24) is 10.3 Å². The van der Waals surface area contributed by atoms with Gasteiger partial charge in [0.15, 0.2) is 0 Å². The van der Waals surface area contributed by atoms with Gasteiger partial charge in [-0.05, 0) is 48.9 Å². The standard InChI is InChI=1S/C30H24Cl2F3N5O3/c31-22-5-2-6-23(32)27(22)28(29(43)38-19-14-30(34,35)15-19)40(20-4-1-3-18(33)12-20)26(42)13-21-7-8-25(41)39(21)24-11-17(16-36)9-10-37-24/h1-6,9-12,19,21,28H,7-8,13-15H2,(H,38,43)/t21-,28-/m0/s1. The molecule has 0 bridgehead atoms. The Morgan fingerprint density at radius 1 is 1.14 bits per heavy atom. The highest BCUT2D eigenvalue weighted by atomic mass is 35.5. The second kappa shape index (κ2) is 12.2. The van der Waals surface area contributed by atoms with Gasteiger partial charge in [-0.2, -0.15) is 5.26 Å². The molecule has 1 saturated carbocycles. The second-order valence-electron chi connectivity index (χ2n) is 10.4. The highest BCUT2D eigenvalue weighted by Gasteiger charge is 2.48. The van der Waals surface area contributed by atoms with Crippen LogP contribution in [0, 0.1) is 17.1 Å². The number of amides is 3. The fourth-order valence-electron chi connectivity index (χ4n) is 5.43. The first-order chi connectivity index (χ1) is 20.5. The number of anilines is 2. The number of alkyl halides is 2. The lowest BCUT2D eigenvalue weighted by Crippen LogP contribution is -2.54. The van der Waals surface area contributed by atoms with E-state index in [-0.39, 0.29) is 57.8 Å². The van der Waals surface area contributed by atoms with E-state index in [0.717, 1.165) is 17.0 Å². The van der Waals surface area contributed by atoms with Crippen LogP contribution in [0.2, 0.25) is 10.0 Å². The SMILES string of the molecule is N#Cc1ccnc(N2C(=O)CC[C@H]2CC(=O)N(c2cccc(F)c2)[C@H](C(=O)NC2CC(F)(F)C2)c2c(Cl)cccc2Cl)c1. The van der Waals surface area contributed by atoms with Gasteiger partial charge in [0.1, 0.15) is 17.7 Å². The quantitative estimate of drug-likeness (QED) is 0.330. The molecule has 1 aromatic heterocycles. The molecule has 2 fully saturated rings. The Balaban J connectivity index is 1.55.